The molecular weight excluding hydrogens is 366 g/mol. The van der Waals surface area contributed by atoms with Crippen molar-refractivity contribution in [1.82, 2.24) is 9.88 Å². The molecule has 1 aromatic heterocycles. The number of carbonyl (C=O) groups is 2. The zero-order valence-corrected chi connectivity index (χ0v) is 15.6. The lowest BCUT2D eigenvalue weighted by molar-refractivity contribution is -0.143. The summed E-state index contributed by atoms with van der Waals surface area (Å²) in [5.41, 5.74) is 2.39. The van der Waals surface area contributed by atoms with Gasteiger partial charge >= 0.3 is 0 Å². The van der Waals surface area contributed by atoms with Gasteiger partial charge in [-0.15, -0.1) is 0 Å². The van der Waals surface area contributed by atoms with Crippen molar-refractivity contribution in [3.63, 3.8) is 0 Å². The number of pyridine rings is 1. The van der Waals surface area contributed by atoms with E-state index in [1.165, 1.54) is 4.90 Å². The predicted molar refractivity (Wildman–Crippen MR) is 106 cm³/mol. The maximum absolute atomic E-state index is 13.3. The number of anilines is 1. The molecule has 2 amide bonds. The van der Waals surface area contributed by atoms with E-state index >= 15 is 0 Å². The predicted octanol–water partition coefficient (Wildman–Crippen LogP) is 3.13. The standard InChI is InChI=1S/C23H19N3O3/c27-22-19-20(18-13-7-8-14-24-18)26(17-11-5-2-6-12-17)29-21(19)23(28)25(22)15-16-9-3-1-4-10-16/h1-14,19-21H,15H2/t19-,20+,21+/m1/s1. The minimum Gasteiger partial charge on any atom is -0.275 e. The molecule has 2 aliphatic heterocycles. The van der Waals surface area contributed by atoms with Crippen molar-refractivity contribution in [2.24, 2.45) is 5.92 Å². The molecular formula is C23H19N3O3. The minimum absolute atomic E-state index is 0.224. The first-order valence-corrected chi connectivity index (χ1v) is 9.55. The van der Waals surface area contributed by atoms with Crippen LogP contribution in [0.5, 0.6) is 0 Å². The maximum atomic E-state index is 13.3. The Bertz CT molecular complexity index is 1030. The fraction of sp³-hybridized carbons (Fsp3) is 0.174. The van der Waals surface area contributed by atoms with Crippen LogP contribution in [0.15, 0.2) is 85.1 Å². The number of hydrogen-bond donors (Lipinski definition) is 0. The molecule has 2 saturated heterocycles. The van der Waals surface area contributed by atoms with Crippen LogP contribution in [0.1, 0.15) is 17.3 Å². The van der Waals surface area contributed by atoms with Gasteiger partial charge in [0, 0.05) is 6.20 Å². The molecule has 3 heterocycles. The minimum atomic E-state index is -0.849. The van der Waals surface area contributed by atoms with Crippen molar-refractivity contribution in [2.45, 2.75) is 18.7 Å². The number of benzene rings is 2. The smallest absolute Gasteiger partial charge is 0.262 e. The van der Waals surface area contributed by atoms with Crippen LogP contribution in [-0.2, 0) is 21.0 Å². The second kappa shape index (κ2) is 7.14. The van der Waals surface area contributed by atoms with Crippen LogP contribution in [0, 0.1) is 5.92 Å². The first kappa shape index (κ1) is 17.6. The lowest BCUT2D eigenvalue weighted by atomic mass is 9.93. The quantitative estimate of drug-likeness (QED) is 0.646. The third-order valence-corrected chi connectivity index (χ3v) is 5.39. The summed E-state index contributed by atoms with van der Waals surface area (Å²) in [6.07, 6.45) is 0.841. The lowest BCUT2D eigenvalue weighted by Gasteiger charge is -2.28. The van der Waals surface area contributed by atoms with Crippen LogP contribution in [0.2, 0.25) is 0 Å². The lowest BCUT2D eigenvalue weighted by Crippen LogP contribution is -2.37. The fourth-order valence-electron chi connectivity index (χ4n) is 4.04. The number of aromatic nitrogens is 1. The van der Waals surface area contributed by atoms with Crippen LogP contribution >= 0.6 is 0 Å². The van der Waals surface area contributed by atoms with E-state index in [0.29, 0.717) is 5.69 Å². The van der Waals surface area contributed by atoms with Gasteiger partial charge in [0.1, 0.15) is 12.0 Å². The molecule has 0 unspecified atom stereocenters. The van der Waals surface area contributed by atoms with Crippen LogP contribution in [0.3, 0.4) is 0 Å². The number of nitrogens with zero attached hydrogens (tertiary/aromatic N) is 3. The van der Waals surface area contributed by atoms with E-state index in [1.807, 2.05) is 78.9 Å². The molecule has 6 nitrogen and oxygen atoms in total. The molecule has 3 atom stereocenters. The number of imide groups is 1. The molecule has 0 bridgehead atoms. The molecule has 0 saturated carbocycles. The summed E-state index contributed by atoms with van der Waals surface area (Å²) in [6.45, 7) is 0.245. The SMILES string of the molecule is O=C1[C@H]2[C@H](ON(c3ccccc3)[C@H]2c2ccccn2)C(=O)N1Cc1ccccc1. The second-order valence-corrected chi connectivity index (χ2v) is 7.16. The Hall–Kier alpha value is -3.51. The van der Waals surface area contributed by atoms with Gasteiger partial charge < -0.3 is 0 Å². The van der Waals surface area contributed by atoms with E-state index in [9.17, 15) is 9.59 Å². The Morgan fingerprint density at radius 2 is 1.52 bits per heavy atom. The number of likely N-dealkylation sites (tertiary alicyclic amines) is 1. The molecule has 0 N–H and O–H groups in total. The van der Waals surface area contributed by atoms with Crippen LogP contribution < -0.4 is 5.06 Å². The monoisotopic (exact) mass is 385 g/mol. The van der Waals surface area contributed by atoms with Crippen molar-refractivity contribution in [3.05, 3.63) is 96.3 Å². The highest BCUT2D eigenvalue weighted by molar-refractivity contribution is 6.07. The topological polar surface area (TPSA) is 62.7 Å². The first-order valence-electron chi connectivity index (χ1n) is 9.55. The largest absolute Gasteiger partial charge is 0.275 e. The summed E-state index contributed by atoms with van der Waals surface area (Å²) in [5, 5.41) is 1.66. The normalized spacial score (nSPS) is 23.5. The molecule has 3 aromatic rings. The number of fused-ring (bicyclic) bond motifs is 1. The van der Waals surface area contributed by atoms with Gasteiger partial charge in [-0.05, 0) is 29.8 Å². The Morgan fingerprint density at radius 3 is 2.21 bits per heavy atom. The Labute approximate surface area is 168 Å². The van der Waals surface area contributed by atoms with E-state index in [4.69, 9.17) is 4.84 Å². The molecule has 2 aliphatic rings. The average molecular weight is 385 g/mol. The van der Waals surface area contributed by atoms with Gasteiger partial charge in [0.05, 0.1) is 17.9 Å². The summed E-state index contributed by atoms with van der Waals surface area (Å²) >= 11 is 0. The van der Waals surface area contributed by atoms with Gasteiger partial charge in [0.15, 0.2) is 6.10 Å². The highest BCUT2D eigenvalue weighted by Crippen LogP contribution is 2.46. The second-order valence-electron chi connectivity index (χ2n) is 7.16. The molecule has 6 heteroatoms. The van der Waals surface area contributed by atoms with Crippen molar-refractivity contribution in [3.8, 4) is 0 Å². The van der Waals surface area contributed by atoms with Crippen molar-refractivity contribution < 1.29 is 14.4 Å². The van der Waals surface area contributed by atoms with Gasteiger partial charge in [-0.2, -0.15) is 0 Å². The zero-order chi connectivity index (χ0) is 19.8. The van der Waals surface area contributed by atoms with E-state index < -0.39 is 18.1 Å². The zero-order valence-electron chi connectivity index (χ0n) is 15.6. The number of amides is 2. The van der Waals surface area contributed by atoms with Crippen LogP contribution in [0.4, 0.5) is 5.69 Å². The molecule has 2 aromatic carbocycles. The summed E-state index contributed by atoms with van der Waals surface area (Å²) in [5.74, 6) is -1.16. The van der Waals surface area contributed by atoms with Gasteiger partial charge in [0.25, 0.3) is 5.91 Å². The van der Waals surface area contributed by atoms with Crippen molar-refractivity contribution >= 4 is 17.5 Å². The van der Waals surface area contributed by atoms with Crippen LogP contribution in [0.25, 0.3) is 0 Å². The van der Waals surface area contributed by atoms with Gasteiger partial charge in [0.2, 0.25) is 5.91 Å². The maximum Gasteiger partial charge on any atom is 0.262 e. The van der Waals surface area contributed by atoms with E-state index in [1.54, 1.807) is 11.3 Å². The van der Waals surface area contributed by atoms with Crippen molar-refractivity contribution in [1.29, 1.82) is 0 Å². The van der Waals surface area contributed by atoms with E-state index in [-0.39, 0.29) is 18.4 Å². The molecule has 5 rings (SSSR count). The molecule has 29 heavy (non-hydrogen) atoms. The highest BCUT2D eigenvalue weighted by atomic mass is 16.7. The van der Waals surface area contributed by atoms with Crippen molar-refractivity contribution in [2.75, 3.05) is 5.06 Å². The summed E-state index contributed by atoms with van der Waals surface area (Å²) < 4.78 is 0. The number of para-hydroxylation sites is 1. The highest BCUT2D eigenvalue weighted by Gasteiger charge is 2.60. The molecule has 0 spiro atoms. The Morgan fingerprint density at radius 1 is 0.828 bits per heavy atom. The molecule has 0 aliphatic carbocycles. The summed E-state index contributed by atoms with van der Waals surface area (Å²) in [7, 11) is 0. The molecule has 144 valence electrons. The Balaban J connectivity index is 1.52. The Kier molecular flexibility index (Phi) is 4.33. The number of rotatable bonds is 4. The number of hydroxylamine groups is 1. The first-order chi connectivity index (χ1) is 14.2. The third kappa shape index (κ3) is 2.98. The molecule has 0 radical (unpaired) electrons. The summed E-state index contributed by atoms with van der Waals surface area (Å²) in [4.78, 5) is 38.3. The summed E-state index contributed by atoms with van der Waals surface area (Å²) in [6, 6.07) is 24.1. The van der Waals surface area contributed by atoms with E-state index in [2.05, 4.69) is 4.98 Å². The number of carbonyl (C=O) groups excluding carboxylic acids is 2. The fourth-order valence-corrected chi connectivity index (χ4v) is 4.04. The molecule has 2 fully saturated rings. The van der Waals surface area contributed by atoms with E-state index in [0.717, 1.165) is 11.3 Å². The van der Waals surface area contributed by atoms with Gasteiger partial charge in [-0.1, -0.05) is 54.6 Å². The van der Waals surface area contributed by atoms with Crippen LogP contribution in [-0.4, -0.2) is 27.8 Å². The van der Waals surface area contributed by atoms with Gasteiger partial charge in [-0.25, -0.2) is 5.06 Å². The number of hydrogen-bond acceptors (Lipinski definition) is 5. The average Bonchev–Trinajstić information content (AvgIpc) is 3.28. The van der Waals surface area contributed by atoms with Gasteiger partial charge in [-0.3, -0.25) is 24.3 Å². The third-order valence-electron chi connectivity index (χ3n) is 5.39.